The van der Waals surface area contributed by atoms with Gasteiger partial charge in [-0.2, -0.15) is 0 Å². The maximum atomic E-state index is 11.2. The lowest BCUT2D eigenvalue weighted by Crippen LogP contribution is -2.15. The number of para-hydroxylation sites is 1. The molecule has 0 atom stereocenters. The molecule has 94 valence electrons. The van der Waals surface area contributed by atoms with Crippen molar-refractivity contribution in [3.05, 3.63) is 35.7 Å². The number of esters is 1. The molecule has 0 bridgehead atoms. The van der Waals surface area contributed by atoms with Crippen LogP contribution in [0.5, 0.6) is 5.75 Å². The summed E-state index contributed by atoms with van der Waals surface area (Å²) in [6.07, 6.45) is 0.344. The van der Waals surface area contributed by atoms with E-state index in [-0.39, 0.29) is 12.3 Å². The molecular formula is C11H12N4O3. The largest absolute Gasteiger partial charge is 0.508 e. The molecule has 0 unspecified atom stereocenters. The Balaban J connectivity index is 2.18. The Hall–Kier alpha value is -2.44. The molecule has 0 saturated carbocycles. The zero-order chi connectivity index (χ0) is 13.0. The molecule has 7 nitrogen and oxygen atoms in total. The lowest BCUT2D eigenvalue weighted by atomic mass is 10.1. The number of tetrazole rings is 1. The Kier molecular flexibility index (Phi) is 3.52. The molecule has 0 aliphatic carbocycles. The van der Waals surface area contributed by atoms with Crippen molar-refractivity contribution < 1.29 is 14.6 Å². The van der Waals surface area contributed by atoms with E-state index in [1.54, 1.807) is 18.2 Å². The number of carbonyl (C=O) groups is 1. The molecule has 1 heterocycles. The minimum atomic E-state index is -0.430. The van der Waals surface area contributed by atoms with Gasteiger partial charge in [-0.1, -0.05) is 18.2 Å². The lowest BCUT2D eigenvalue weighted by molar-refractivity contribution is -0.141. The van der Waals surface area contributed by atoms with E-state index in [0.29, 0.717) is 17.8 Å². The van der Waals surface area contributed by atoms with Gasteiger partial charge in [0.1, 0.15) is 12.3 Å². The van der Waals surface area contributed by atoms with Crippen LogP contribution in [0.1, 0.15) is 11.4 Å². The monoisotopic (exact) mass is 248 g/mol. The van der Waals surface area contributed by atoms with Gasteiger partial charge in [-0.15, -0.1) is 5.10 Å². The van der Waals surface area contributed by atoms with Crippen molar-refractivity contribution in [2.24, 2.45) is 0 Å². The molecule has 0 saturated heterocycles. The molecule has 0 aliphatic heterocycles. The van der Waals surface area contributed by atoms with Crippen molar-refractivity contribution in [3.63, 3.8) is 0 Å². The van der Waals surface area contributed by atoms with E-state index in [1.165, 1.54) is 11.8 Å². The zero-order valence-electron chi connectivity index (χ0n) is 9.78. The molecular weight excluding hydrogens is 236 g/mol. The summed E-state index contributed by atoms with van der Waals surface area (Å²) >= 11 is 0. The van der Waals surface area contributed by atoms with Crippen LogP contribution in [0.2, 0.25) is 0 Å². The minimum Gasteiger partial charge on any atom is -0.508 e. The number of hydrogen-bond acceptors (Lipinski definition) is 6. The van der Waals surface area contributed by atoms with E-state index >= 15 is 0 Å². The van der Waals surface area contributed by atoms with Gasteiger partial charge < -0.3 is 9.84 Å². The van der Waals surface area contributed by atoms with Gasteiger partial charge in [0, 0.05) is 12.0 Å². The summed E-state index contributed by atoms with van der Waals surface area (Å²) in [5, 5.41) is 20.7. The highest BCUT2D eigenvalue weighted by Crippen LogP contribution is 2.18. The van der Waals surface area contributed by atoms with Crippen molar-refractivity contribution >= 4 is 5.97 Å². The molecule has 7 heteroatoms. The van der Waals surface area contributed by atoms with Crippen molar-refractivity contribution in [3.8, 4) is 5.75 Å². The van der Waals surface area contributed by atoms with Crippen LogP contribution >= 0.6 is 0 Å². The van der Waals surface area contributed by atoms with Gasteiger partial charge >= 0.3 is 5.97 Å². The standard InChI is InChI=1S/C11H12N4O3/c1-18-11(17)7-15-10(12-13-14-15)6-8-4-2-3-5-9(8)16/h2-5,16H,6-7H2,1H3. The number of aromatic hydroxyl groups is 1. The first-order chi connectivity index (χ1) is 8.70. The van der Waals surface area contributed by atoms with Crippen LogP contribution in [-0.2, 0) is 22.5 Å². The quantitative estimate of drug-likeness (QED) is 0.774. The molecule has 0 amide bonds. The molecule has 18 heavy (non-hydrogen) atoms. The predicted octanol–water partition coefficient (Wildman–Crippen LogP) is 0.142. The van der Waals surface area contributed by atoms with Gasteiger partial charge in [0.2, 0.25) is 0 Å². The fraction of sp³-hybridized carbons (Fsp3) is 0.273. The van der Waals surface area contributed by atoms with E-state index in [2.05, 4.69) is 20.3 Å². The molecule has 0 fully saturated rings. The lowest BCUT2D eigenvalue weighted by Gasteiger charge is -2.04. The molecule has 1 aromatic heterocycles. The Morgan fingerprint density at radius 1 is 1.44 bits per heavy atom. The topological polar surface area (TPSA) is 90.1 Å². The summed E-state index contributed by atoms with van der Waals surface area (Å²) in [6, 6.07) is 6.90. The number of benzene rings is 1. The number of phenols is 1. The van der Waals surface area contributed by atoms with E-state index in [9.17, 15) is 9.90 Å². The number of nitrogens with zero attached hydrogens (tertiary/aromatic N) is 4. The summed E-state index contributed by atoms with van der Waals surface area (Å²) in [6.45, 7) is -0.0492. The van der Waals surface area contributed by atoms with E-state index in [1.807, 2.05) is 6.07 Å². The first kappa shape index (κ1) is 12.0. The van der Waals surface area contributed by atoms with Crippen molar-refractivity contribution in [2.45, 2.75) is 13.0 Å². The predicted molar refractivity (Wildman–Crippen MR) is 60.7 cm³/mol. The van der Waals surface area contributed by atoms with Crippen LogP contribution in [-0.4, -0.2) is 38.4 Å². The molecule has 1 N–H and O–H groups in total. The van der Waals surface area contributed by atoms with Crippen molar-refractivity contribution in [1.29, 1.82) is 0 Å². The number of ether oxygens (including phenoxy) is 1. The number of methoxy groups -OCH3 is 1. The Bertz CT molecular complexity index is 553. The van der Waals surface area contributed by atoms with Gasteiger partial charge in [0.05, 0.1) is 7.11 Å². The van der Waals surface area contributed by atoms with E-state index in [0.717, 1.165) is 0 Å². The summed E-state index contributed by atoms with van der Waals surface area (Å²) in [7, 11) is 1.30. The maximum absolute atomic E-state index is 11.2. The minimum absolute atomic E-state index is 0.0492. The van der Waals surface area contributed by atoms with Crippen LogP contribution < -0.4 is 0 Å². The smallest absolute Gasteiger partial charge is 0.327 e. The number of phenolic OH excluding ortho intramolecular Hbond substituents is 1. The van der Waals surface area contributed by atoms with Crippen LogP contribution in [0.25, 0.3) is 0 Å². The molecule has 1 aromatic carbocycles. The van der Waals surface area contributed by atoms with Crippen LogP contribution in [0.4, 0.5) is 0 Å². The van der Waals surface area contributed by atoms with Crippen LogP contribution in [0.3, 0.4) is 0 Å². The third kappa shape index (κ3) is 2.62. The van der Waals surface area contributed by atoms with Crippen molar-refractivity contribution in [2.75, 3.05) is 7.11 Å². The van der Waals surface area contributed by atoms with Gasteiger partial charge in [-0.05, 0) is 16.5 Å². The Morgan fingerprint density at radius 3 is 2.94 bits per heavy atom. The summed E-state index contributed by atoms with van der Waals surface area (Å²) in [4.78, 5) is 11.2. The molecule has 0 spiro atoms. The highest BCUT2D eigenvalue weighted by atomic mass is 16.5. The number of aromatic nitrogens is 4. The highest BCUT2D eigenvalue weighted by molar-refractivity contribution is 5.68. The number of hydrogen-bond donors (Lipinski definition) is 1. The molecule has 2 rings (SSSR count). The highest BCUT2D eigenvalue weighted by Gasteiger charge is 2.12. The third-order valence-corrected chi connectivity index (χ3v) is 2.45. The second-order valence-corrected chi connectivity index (χ2v) is 3.63. The third-order valence-electron chi connectivity index (χ3n) is 2.45. The first-order valence-corrected chi connectivity index (χ1v) is 5.29. The Morgan fingerprint density at radius 2 is 2.22 bits per heavy atom. The average Bonchev–Trinajstić information content (AvgIpc) is 2.79. The van der Waals surface area contributed by atoms with Gasteiger partial charge in [-0.3, -0.25) is 4.79 Å². The normalized spacial score (nSPS) is 10.3. The summed E-state index contributed by atoms with van der Waals surface area (Å²) in [5.41, 5.74) is 0.693. The second kappa shape index (κ2) is 5.26. The average molecular weight is 248 g/mol. The van der Waals surface area contributed by atoms with E-state index in [4.69, 9.17) is 0 Å². The Labute approximate surface area is 103 Å². The fourth-order valence-electron chi connectivity index (χ4n) is 1.49. The zero-order valence-corrected chi connectivity index (χ0v) is 9.78. The summed E-state index contributed by atoms with van der Waals surface area (Å²) in [5.74, 6) is 0.229. The van der Waals surface area contributed by atoms with Crippen LogP contribution in [0, 0.1) is 0 Å². The SMILES string of the molecule is COC(=O)Cn1nnnc1Cc1ccccc1O. The fourth-order valence-corrected chi connectivity index (χ4v) is 1.49. The second-order valence-electron chi connectivity index (χ2n) is 3.63. The van der Waals surface area contributed by atoms with E-state index < -0.39 is 5.97 Å². The molecule has 0 aliphatic rings. The maximum Gasteiger partial charge on any atom is 0.327 e. The van der Waals surface area contributed by atoms with Gasteiger partial charge in [-0.25, -0.2) is 4.68 Å². The van der Waals surface area contributed by atoms with Gasteiger partial charge in [0.25, 0.3) is 0 Å². The number of rotatable bonds is 4. The van der Waals surface area contributed by atoms with Crippen molar-refractivity contribution in [1.82, 2.24) is 20.2 Å². The number of carbonyl (C=O) groups excluding carboxylic acids is 1. The van der Waals surface area contributed by atoms with Crippen LogP contribution in [0.15, 0.2) is 24.3 Å². The summed E-state index contributed by atoms with van der Waals surface area (Å²) < 4.78 is 5.89. The first-order valence-electron chi connectivity index (χ1n) is 5.29. The molecule has 2 aromatic rings. The van der Waals surface area contributed by atoms with Gasteiger partial charge in [0.15, 0.2) is 5.82 Å². The molecule has 0 radical (unpaired) electrons.